The molecule has 0 saturated heterocycles. The Kier molecular flexibility index (Phi) is 1.95. The van der Waals surface area contributed by atoms with Gasteiger partial charge in [-0.05, 0) is 31.4 Å². The summed E-state index contributed by atoms with van der Waals surface area (Å²) in [5.41, 5.74) is 3.15. The topological polar surface area (TPSA) is 53.6 Å². The third-order valence-corrected chi connectivity index (χ3v) is 2.76. The Balaban J connectivity index is 1.93. The van der Waals surface area contributed by atoms with Crippen molar-refractivity contribution in [3.05, 3.63) is 23.7 Å². The molecular formula is C11H14N4. The molecule has 2 heterocycles. The predicted molar refractivity (Wildman–Crippen MR) is 58.5 cm³/mol. The molecule has 0 aliphatic heterocycles. The molecular weight excluding hydrogens is 188 g/mol. The molecule has 78 valence electrons. The lowest BCUT2D eigenvalue weighted by Gasteiger charge is -2.03. The fraction of sp³-hybridized carbons (Fsp3) is 0.455. The molecule has 15 heavy (non-hydrogen) atoms. The van der Waals surface area contributed by atoms with Gasteiger partial charge in [0.1, 0.15) is 5.82 Å². The van der Waals surface area contributed by atoms with Crippen LogP contribution < -0.4 is 5.32 Å². The third kappa shape index (κ3) is 1.72. The molecule has 0 radical (unpaired) electrons. The molecule has 2 N–H and O–H groups in total. The lowest BCUT2D eigenvalue weighted by Crippen LogP contribution is -2.15. The molecule has 4 heteroatoms. The predicted octanol–water partition coefficient (Wildman–Crippen LogP) is 1.52. The Bertz CT molecular complexity index is 484. The Hall–Kier alpha value is -1.42. The number of nitrogens with zero attached hydrogens (tertiary/aromatic N) is 2. The maximum atomic E-state index is 4.32. The number of hydrogen-bond donors (Lipinski definition) is 2. The van der Waals surface area contributed by atoms with Crippen LogP contribution in [0.3, 0.4) is 0 Å². The largest absolute Gasteiger partial charge is 0.341 e. The minimum Gasteiger partial charge on any atom is -0.341 e. The number of aromatic nitrogens is 3. The summed E-state index contributed by atoms with van der Waals surface area (Å²) >= 11 is 0. The summed E-state index contributed by atoms with van der Waals surface area (Å²) in [6, 6.07) is 2.78. The molecule has 0 bridgehead atoms. The maximum Gasteiger partial charge on any atom is 0.177 e. The number of aromatic amines is 1. The monoisotopic (exact) mass is 202 g/mol. The number of pyridine rings is 1. The minimum absolute atomic E-state index is 0.734. The minimum atomic E-state index is 0.734. The Morgan fingerprint density at radius 2 is 2.40 bits per heavy atom. The van der Waals surface area contributed by atoms with Crippen LogP contribution in [0.15, 0.2) is 12.3 Å². The van der Waals surface area contributed by atoms with Gasteiger partial charge in [0.15, 0.2) is 5.65 Å². The summed E-state index contributed by atoms with van der Waals surface area (Å²) in [5.74, 6) is 0.927. The first kappa shape index (κ1) is 8.85. The van der Waals surface area contributed by atoms with E-state index in [4.69, 9.17) is 0 Å². The number of fused-ring (bicyclic) bond motifs is 1. The lowest BCUT2D eigenvalue weighted by molar-refractivity contribution is 0.690. The van der Waals surface area contributed by atoms with Crippen LogP contribution in [0.25, 0.3) is 11.2 Å². The molecule has 0 aromatic carbocycles. The highest BCUT2D eigenvalue weighted by Gasteiger charge is 2.20. The van der Waals surface area contributed by atoms with Crippen LogP contribution in [0.1, 0.15) is 24.2 Å². The van der Waals surface area contributed by atoms with Crippen LogP contribution in [0, 0.1) is 6.92 Å². The van der Waals surface area contributed by atoms with E-state index in [0.29, 0.717) is 0 Å². The Labute approximate surface area is 88.1 Å². The molecule has 1 fully saturated rings. The van der Waals surface area contributed by atoms with Gasteiger partial charge in [-0.3, -0.25) is 0 Å². The molecule has 2 aromatic rings. The van der Waals surface area contributed by atoms with Crippen LogP contribution in [0.2, 0.25) is 0 Å². The zero-order chi connectivity index (χ0) is 10.3. The molecule has 1 aliphatic carbocycles. The van der Waals surface area contributed by atoms with Crippen molar-refractivity contribution in [2.75, 3.05) is 0 Å². The van der Waals surface area contributed by atoms with E-state index in [9.17, 15) is 0 Å². The van der Waals surface area contributed by atoms with Crippen LogP contribution in [-0.4, -0.2) is 21.0 Å². The van der Waals surface area contributed by atoms with E-state index in [1.807, 2.05) is 13.1 Å². The van der Waals surface area contributed by atoms with Crippen molar-refractivity contribution in [3.63, 3.8) is 0 Å². The van der Waals surface area contributed by atoms with Gasteiger partial charge in [0.05, 0.1) is 5.52 Å². The Morgan fingerprint density at radius 3 is 3.20 bits per heavy atom. The number of hydrogen-bond acceptors (Lipinski definition) is 3. The summed E-state index contributed by atoms with van der Waals surface area (Å²) in [6.45, 7) is 2.87. The average Bonchev–Trinajstić information content (AvgIpc) is 2.96. The van der Waals surface area contributed by atoms with Gasteiger partial charge in [-0.2, -0.15) is 0 Å². The van der Waals surface area contributed by atoms with E-state index in [2.05, 4.69) is 26.3 Å². The molecule has 1 aliphatic rings. The highest BCUT2D eigenvalue weighted by atomic mass is 15.0. The molecule has 1 saturated carbocycles. The molecule has 0 atom stereocenters. The zero-order valence-corrected chi connectivity index (χ0v) is 8.75. The van der Waals surface area contributed by atoms with E-state index in [1.54, 1.807) is 0 Å². The van der Waals surface area contributed by atoms with Crippen LogP contribution in [0.5, 0.6) is 0 Å². The smallest absolute Gasteiger partial charge is 0.177 e. The van der Waals surface area contributed by atoms with Gasteiger partial charge in [-0.1, -0.05) is 0 Å². The summed E-state index contributed by atoms with van der Waals surface area (Å²) < 4.78 is 0. The molecule has 0 amide bonds. The van der Waals surface area contributed by atoms with Gasteiger partial charge in [0.25, 0.3) is 0 Å². The lowest BCUT2D eigenvalue weighted by atomic mass is 10.2. The second-order valence-electron chi connectivity index (χ2n) is 4.15. The number of aryl methyl sites for hydroxylation is 1. The molecule has 0 spiro atoms. The highest BCUT2D eigenvalue weighted by molar-refractivity contribution is 5.74. The number of rotatable bonds is 3. The first-order valence-corrected chi connectivity index (χ1v) is 5.36. The van der Waals surface area contributed by atoms with Gasteiger partial charge >= 0.3 is 0 Å². The van der Waals surface area contributed by atoms with Crippen molar-refractivity contribution in [1.82, 2.24) is 20.3 Å². The number of nitrogens with one attached hydrogen (secondary N) is 2. The fourth-order valence-electron chi connectivity index (χ4n) is 1.77. The van der Waals surface area contributed by atoms with Gasteiger partial charge in [-0.25, -0.2) is 9.97 Å². The fourth-order valence-corrected chi connectivity index (χ4v) is 1.77. The van der Waals surface area contributed by atoms with E-state index in [-0.39, 0.29) is 0 Å². The molecule has 3 rings (SSSR count). The number of H-pyrrole nitrogens is 1. The van der Waals surface area contributed by atoms with E-state index < -0.39 is 0 Å². The normalized spacial score (nSPS) is 16.1. The summed E-state index contributed by atoms with van der Waals surface area (Å²) in [4.78, 5) is 11.8. The van der Waals surface area contributed by atoms with Gasteiger partial charge in [-0.15, -0.1) is 0 Å². The van der Waals surface area contributed by atoms with Gasteiger partial charge in [0.2, 0.25) is 0 Å². The van der Waals surface area contributed by atoms with Crippen molar-refractivity contribution < 1.29 is 0 Å². The average molecular weight is 202 g/mol. The van der Waals surface area contributed by atoms with Gasteiger partial charge in [0, 0.05) is 18.8 Å². The van der Waals surface area contributed by atoms with Crippen LogP contribution in [-0.2, 0) is 6.54 Å². The first-order chi connectivity index (χ1) is 7.33. The summed E-state index contributed by atoms with van der Waals surface area (Å²) in [7, 11) is 0. The Morgan fingerprint density at radius 1 is 1.53 bits per heavy atom. The quantitative estimate of drug-likeness (QED) is 0.793. The molecule has 0 unspecified atom stereocenters. The van der Waals surface area contributed by atoms with Crippen molar-refractivity contribution in [2.24, 2.45) is 0 Å². The van der Waals surface area contributed by atoms with Gasteiger partial charge < -0.3 is 10.3 Å². The highest BCUT2D eigenvalue weighted by Crippen LogP contribution is 2.20. The van der Waals surface area contributed by atoms with E-state index >= 15 is 0 Å². The third-order valence-electron chi connectivity index (χ3n) is 2.76. The zero-order valence-electron chi connectivity index (χ0n) is 8.75. The van der Waals surface area contributed by atoms with Crippen molar-refractivity contribution in [3.8, 4) is 0 Å². The van der Waals surface area contributed by atoms with Crippen molar-refractivity contribution in [1.29, 1.82) is 0 Å². The molecule has 2 aromatic heterocycles. The van der Waals surface area contributed by atoms with E-state index in [0.717, 1.165) is 29.6 Å². The van der Waals surface area contributed by atoms with E-state index in [1.165, 1.54) is 18.4 Å². The maximum absolute atomic E-state index is 4.32. The van der Waals surface area contributed by atoms with Crippen LogP contribution in [0.4, 0.5) is 0 Å². The summed E-state index contributed by atoms with van der Waals surface area (Å²) in [5, 5.41) is 3.50. The van der Waals surface area contributed by atoms with Crippen molar-refractivity contribution in [2.45, 2.75) is 32.4 Å². The first-order valence-electron chi connectivity index (χ1n) is 5.36. The van der Waals surface area contributed by atoms with Crippen LogP contribution >= 0.6 is 0 Å². The SMILES string of the molecule is Cc1nc2nccc(CNC3CC3)c2[nH]1. The molecule has 4 nitrogen and oxygen atoms in total. The second-order valence-corrected chi connectivity index (χ2v) is 4.15. The standard InChI is InChI=1S/C11H14N4/c1-7-14-10-8(6-13-9-2-3-9)4-5-12-11(10)15-7/h4-5,9,13H,2-3,6H2,1H3,(H,12,14,15). The second kappa shape index (κ2) is 3.31. The summed E-state index contributed by atoms with van der Waals surface area (Å²) in [6.07, 6.45) is 4.46. The van der Waals surface area contributed by atoms with Crippen molar-refractivity contribution >= 4 is 11.2 Å². The number of imidazole rings is 1.